The number of methoxy groups -OCH3 is 1. The van der Waals surface area contributed by atoms with Crippen molar-refractivity contribution in [2.45, 2.75) is 6.92 Å². The highest BCUT2D eigenvalue weighted by atomic mass is 16.5. The molecule has 0 aliphatic carbocycles. The van der Waals surface area contributed by atoms with Gasteiger partial charge in [0.25, 0.3) is 0 Å². The van der Waals surface area contributed by atoms with E-state index in [0.29, 0.717) is 0 Å². The maximum Gasteiger partial charge on any atom is 0.375 e. The van der Waals surface area contributed by atoms with Crippen molar-refractivity contribution in [3.05, 3.63) is 23.7 Å². The Balaban J connectivity index is 5.11. The maximum atomic E-state index is 11.1. The molecule has 0 aliphatic rings. The van der Waals surface area contributed by atoms with Crippen molar-refractivity contribution in [1.29, 1.82) is 0 Å². The summed E-state index contributed by atoms with van der Waals surface area (Å²) in [5.74, 6) is -4.08. The van der Waals surface area contributed by atoms with E-state index in [4.69, 9.17) is 10.2 Å². The largest absolute Gasteiger partial charge is 0.499 e. The Labute approximate surface area is 74.9 Å². The number of carbonyl (C=O) groups is 2. The van der Waals surface area contributed by atoms with Crippen LogP contribution >= 0.6 is 0 Å². The second-order valence-electron chi connectivity index (χ2n) is 2.30. The summed E-state index contributed by atoms with van der Waals surface area (Å²) in [7, 11) is 1.09. The Morgan fingerprint density at radius 2 is 1.77 bits per heavy atom. The third-order valence-corrected chi connectivity index (χ3v) is 1.22. The van der Waals surface area contributed by atoms with E-state index in [0.717, 1.165) is 7.11 Å². The monoisotopic (exact) mass is 186 g/mol. The van der Waals surface area contributed by atoms with E-state index >= 15 is 0 Å². The van der Waals surface area contributed by atoms with E-state index in [1.807, 2.05) is 0 Å². The molecule has 0 unspecified atom stereocenters. The number of rotatable bonds is 4. The number of carboxylic acids is 1. The van der Waals surface area contributed by atoms with Crippen molar-refractivity contribution in [3.63, 3.8) is 0 Å². The molecule has 72 valence electrons. The lowest BCUT2D eigenvalue weighted by Gasteiger charge is -2.04. The van der Waals surface area contributed by atoms with Crippen LogP contribution in [0.3, 0.4) is 0 Å². The number of carbonyl (C=O) groups excluding carboxylic acids is 1. The van der Waals surface area contributed by atoms with Crippen LogP contribution in [0.1, 0.15) is 6.92 Å². The van der Waals surface area contributed by atoms with Crippen LogP contribution in [0.5, 0.6) is 0 Å². The quantitative estimate of drug-likeness (QED) is 0.497. The molecule has 0 saturated heterocycles. The minimum Gasteiger partial charge on any atom is -0.499 e. The maximum absolute atomic E-state index is 11.1. The predicted molar refractivity (Wildman–Crippen MR) is 44.1 cm³/mol. The number of aliphatic hydroxyl groups is 1. The van der Waals surface area contributed by atoms with Gasteiger partial charge in [-0.25, -0.2) is 4.79 Å². The van der Waals surface area contributed by atoms with Crippen molar-refractivity contribution >= 4 is 11.8 Å². The number of ketones is 1. The molecule has 0 fully saturated rings. The van der Waals surface area contributed by atoms with E-state index in [2.05, 4.69) is 11.3 Å². The van der Waals surface area contributed by atoms with Crippen molar-refractivity contribution in [2.75, 3.05) is 7.11 Å². The molecule has 2 N–H and O–H groups in total. The highest BCUT2D eigenvalue weighted by Gasteiger charge is 2.21. The van der Waals surface area contributed by atoms with Gasteiger partial charge in [-0.2, -0.15) is 0 Å². The second kappa shape index (κ2) is 4.30. The number of aliphatic carboxylic acids is 1. The highest BCUT2D eigenvalue weighted by molar-refractivity contribution is 6.09. The van der Waals surface area contributed by atoms with Crippen LogP contribution < -0.4 is 0 Å². The van der Waals surface area contributed by atoms with Crippen LogP contribution in [0.4, 0.5) is 0 Å². The average Bonchev–Trinajstić information content (AvgIpc) is 2.04. The molecule has 5 heteroatoms. The number of Topliss-reactive ketones (excluding diaryl/α,β-unsaturated/α-hetero) is 1. The standard InChI is InChI=1S/C8H10O5/c1-4(2)5(9)7(13-3)6(10)8(11)12/h10H,1H2,2-3H3,(H,11,12). The molecule has 0 aromatic carbocycles. The molecule has 0 radical (unpaired) electrons. The fourth-order valence-electron chi connectivity index (χ4n) is 0.588. The SMILES string of the molecule is C=C(C)C(=O)C(OC)=C(O)C(=O)O. The van der Waals surface area contributed by atoms with Gasteiger partial charge in [-0.1, -0.05) is 6.58 Å². The van der Waals surface area contributed by atoms with Gasteiger partial charge in [-0.15, -0.1) is 0 Å². The molecule has 0 aromatic heterocycles. The van der Waals surface area contributed by atoms with Crippen LogP contribution in [0, 0.1) is 0 Å². The molecular weight excluding hydrogens is 176 g/mol. The molecule has 5 nitrogen and oxygen atoms in total. The van der Waals surface area contributed by atoms with Crippen LogP contribution in [-0.4, -0.2) is 29.1 Å². The number of ether oxygens (including phenoxy) is 1. The van der Waals surface area contributed by atoms with Gasteiger partial charge >= 0.3 is 5.97 Å². The van der Waals surface area contributed by atoms with Crippen LogP contribution in [0.2, 0.25) is 0 Å². The predicted octanol–water partition coefficient (Wildman–Crippen LogP) is 0.632. The molecule has 0 atom stereocenters. The van der Waals surface area contributed by atoms with E-state index in [-0.39, 0.29) is 5.57 Å². The van der Waals surface area contributed by atoms with Crippen LogP contribution in [0.25, 0.3) is 0 Å². The third kappa shape index (κ3) is 2.62. The summed E-state index contributed by atoms with van der Waals surface area (Å²) >= 11 is 0. The zero-order valence-corrected chi connectivity index (χ0v) is 7.33. The van der Waals surface area contributed by atoms with Gasteiger partial charge in [-0.3, -0.25) is 4.79 Å². The Bertz CT molecular complexity index is 287. The molecule has 0 saturated carbocycles. The summed E-state index contributed by atoms with van der Waals surface area (Å²) in [4.78, 5) is 21.4. The van der Waals surface area contributed by atoms with Gasteiger partial charge in [-0.05, 0) is 12.5 Å². The van der Waals surface area contributed by atoms with Crippen LogP contribution in [0.15, 0.2) is 23.7 Å². The summed E-state index contributed by atoms with van der Waals surface area (Å²) in [5.41, 5.74) is 0.0876. The van der Waals surface area contributed by atoms with Crippen molar-refractivity contribution < 1.29 is 24.5 Å². The number of hydrogen-bond acceptors (Lipinski definition) is 4. The molecule has 0 spiro atoms. The Morgan fingerprint density at radius 1 is 1.31 bits per heavy atom. The molecule has 0 heterocycles. The van der Waals surface area contributed by atoms with E-state index < -0.39 is 23.3 Å². The minimum absolute atomic E-state index is 0.0876. The van der Waals surface area contributed by atoms with Gasteiger partial charge in [0.2, 0.25) is 17.3 Å². The van der Waals surface area contributed by atoms with Crippen molar-refractivity contribution in [3.8, 4) is 0 Å². The molecule has 0 amide bonds. The summed E-state index contributed by atoms with van der Waals surface area (Å²) in [5, 5.41) is 17.2. The van der Waals surface area contributed by atoms with Gasteiger partial charge in [0, 0.05) is 0 Å². The number of allylic oxidation sites excluding steroid dienone is 1. The second-order valence-corrected chi connectivity index (χ2v) is 2.30. The summed E-state index contributed by atoms with van der Waals surface area (Å²) in [6, 6.07) is 0. The number of carboxylic acid groups (broad SMARTS) is 1. The first-order chi connectivity index (χ1) is 5.91. The zero-order valence-electron chi connectivity index (χ0n) is 7.33. The van der Waals surface area contributed by atoms with E-state index in [1.165, 1.54) is 6.92 Å². The first-order valence-electron chi connectivity index (χ1n) is 3.32. The van der Waals surface area contributed by atoms with Crippen LogP contribution in [-0.2, 0) is 14.3 Å². The topological polar surface area (TPSA) is 83.8 Å². The lowest BCUT2D eigenvalue weighted by atomic mass is 10.2. The first kappa shape index (κ1) is 11.2. The Kier molecular flexibility index (Phi) is 3.71. The first-order valence-corrected chi connectivity index (χ1v) is 3.32. The third-order valence-electron chi connectivity index (χ3n) is 1.22. The fourth-order valence-corrected chi connectivity index (χ4v) is 0.588. The lowest BCUT2D eigenvalue weighted by molar-refractivity contribution is -0.136. The lowest BCUT2D eigenvalue weighted by Crippen LogP contribution is -2.13. The Hall–Kier alpha value is -1.78. The molecule has 0 aliphatic heterocycles. The normalized spacial score (nSPS) is 11.5. The minimum atomic E-state index is -1.62. The Morgan fingerprint density at radius 3 is 2.00 bits per heavy atom. The molecule has 13 heavy (non-hydrogen) atoms. The van der Waals surface area contributed by atoms with Crippen molar-refractivity contribution in [1.82, 2.24) is 0 Å². The molecular formula is C8H10O5. The van der Waals surface area contributed by atoms with Gasteiger partial charge in [0.1, 0.15) is 0 Å². The summed E-state index contributed by atoms with van der Waals surface area (Å²) in [6.45, 7) is 4.68. The van der Waals surface area contributed by atoms with Gasteiger partial charge in [0.05, 0.1) is 7.11 Å². The summed E-state index contributed by atoms with van der Waals surface area (Å²) in [6.07, 6.45) is 0. The number of aliphatic hydroxyl groups excluding tert-OH is 1. The molecule has 0 aromatic rings. The van der Waals surface area contributed by atoms with Gasteiger partial charge in [0.15, 0.2) is 0 Å². The highest BCUT2D eigenvalue weighted by Crippen LogP contribution is 2.09. The average molecular weight is 186 g/mol. The van der Waals surface area contributed by atoms with Crippen molar-refractivity contribution in [2.24, 2.45) is 0 Å². The fraction of sp³-hybridized carbons (Fsp3) is 0.250. The van der Waals surface area contributed by atoms with E-state index in [9.17, 15) is 9.59 Å². The van der Waals surface area contributed by atoms with Gasteiger partial charge < -0.3 is 14.9 Å². The summed E-state index contributed by atoms with van der Waals surface area (Å²) < 4.78 is 4.43. The molecule has 0 rings (SSSR count). The molecule has 0 bridgehead atoms. The smallest absolute Gasteiger partial charge is 0.375 e. The van der Waals surface area contributed by atoms with E-state index in [1.54, 1.807) is 0 Å². The zero-order chi connectivity index (χ0) is 10.6. The number of hydrogen-bond donors (Lipinski definition) is 2.